The summed E-state index contributed by atoms with van der Waals surface area (Å²) in [7, 11) is -3.41. The standard InChI is InChI=1S/C15H12BrNO3S/c16-13-5-3-6-14(10-13)21(18,19)9-8-20-15-7-2-1-4-12(15)11-17/h1-7,10H,8-9H2. The first-order chi connectivity index (χ1) is 10.0. The second-order valence-corrected chi connectivity index (χ2v) is 7.26. The topological polar surface area (TPSA) is 67.2 Å². The monoisotopic (exact) mass is 365 g/mol. The average molecular weight is 366 g/mol. The highest BCUT2D eigenvalue weighted by Gasteiger charge is 2.15. The van der Waals surface area contributed by atoms with Crippen molar-refractivity contribution in [3.63, 3.8) is 0 Å². The van der Waals surface area contributed by atoms with E-state index in [1.54, 1.807) is 48.5 Å². The Morgan fingerprint density at radius 3 is 2.62 bits per heavy atom. The summed E-state index contributed by atoms with van der Waals surface area (Å²) in [5.74, 6) is 0.243. The van der Waals surface area contributed by atoms with Crippen LogP contribution in [0.4, 0.5) is 0 Å². The molecule has 0 saturated heterocycles. The predicted molar refractivity (Wildman–Crippen MR) is 82.8 cm³/mol. The number of halogens is 1. The van der Waals surface area contributed by atoms with E-state index >= 15 is 0 Å². The lowest BCUT2D eigenvalue weighted by Gasteiger charge is -2.08. The van der Waals surface area contributed by atoms with Crippen molar-refractivity contribution in [1.29, 1.82) is 5.26 Å². The van der Waals surface area contributed by atoms with Crippen LogP contribution >= 0.6 is 15.9 Å². The predicted octanol–water partition coefficient (Wildman–Crippen LogP) is 3.17. The Balaban J connectivity index is 2.05. The fourth-order valence-corrected chi connectivity index (χ4v) is 3.41. The van der Waals surface area contributed by atoms with Crippen LogP contribution in [0.25, 0.3) is 0 Å². The van der Waals surface area contributed by atoms with Crippen molar-refractivity contribution in [2.45, 2.75) is 4.90 Å². The van der Waals surface area contributed by atoms with Gasteiger partial charge in [-0.05, 0) is 30.3 Å². The summed E-state index contributed by atoms with van der Waals surface area (Å²) < 4.78 is 30.4. The molecule has 0 aliphatic rings. The van der Waals surface area contributed by atoms with Crippen LogP contribution in [0.3, 0.4) is 0 Å². The van der Waals surface area contributed by atoms with E-state index in [4.69, 9.17) is 10.00 Å². The molecule has 0 N–H and O–H groups in total. The summed E-state index contributed by atoms with van der Waals surface area (Å²) in [6.07, 6.45) is 0. The molecule has 0 saturated carbocycles. The molecule has 0 atom stereocenters. The van der Waals surface area contributed by atoms with Crippen LogP contribution < -0.4 is 4.74 Å². The van der Waals surface area contributed by atoms with E-state index in [-0.39, 0.29) is 17.3 Å². The van der Waals surface area contributed by atoms with Crippen LogP contribution in [0.1, 0.15) is 5.56 Å². The molecule has 6 heteroatoms. The van der Waals surface area contributed by atoms with Crippen molar-refractivity contribution < 1.29 is 13.2 Å². The number of rotatable bonds is 5. The van der Waals surface area contributed by atoms with Gasteiger partial charge in [0.25, 0.3) is 0 Å². The van der Waals surface area contributed by atoms with Gasteiger partial charge in [0, 0.05) is 4.47 Å². The molecular formula is C15H12BrNO3S. The normalized spacial score (nSPS) is 10.9. The summed E-state index contributed by atoms with van der Waals surface area (Å²) in [5, 5.41) is 8.93. The van der Waals surface area contributed by atoms with Gasteiger partial charge in [0.2, 0.25) is 0 Å². The Bertz CT molecular complexity index is 782. The number of benzene rings is 2. The van der Waals surface area contributed by atoms with Crippen LogP contribution in [0, 0.1) is 11.3 Å². The van der Waals surface area contributed by atoms with Gasteiger partial charge in [0.1, 0.15) is 18.4 Å². The number of nitrogens with zero attached hydrogens (tertiary/aromatic N) is 1. The number of hydrogen-bond acceptors (Lipinski definition) is 4. The molecule has 2 aromatic carbocycles. The van der Waals surface area contributed by atoms with Crippen molar-refractivity contribution in [3.05, 3.63) is 58.6 Å². The maximum Gasteiger partial charge on any atom is 0.181 e. The van der Waals surface area contributed by atoms with Crippen molar-refractivity contribution in [2.24, 2.45) is 0 Å². The van der Waals surface area contributed by atoms with Gasteiger partial charge in [-0.2, -0.15) is 5.26 Å². The Labute approximate surface area is 132 Å². The van der Waals surface area contributed by atoms with Gasteiger partial charge < -0.3 is 4.74 Å². The van der Waals surface area contributed by atoms with Gasteiger partial charge in [0.05, 0.1) is 16.2 Å². The largest absolute Gasteiger partial charge is 0.491 e. The summed E-state index contributed by atoms with van der Waals surface area (Å²) in [4.78, 5) is 0.244. The molecule has 0 heterocycles. The van der Waals surface area contributed by atoms with Crippen LogP contribution in [-0.2, 0) is 9.84 Å². The van der Waals surface area contributed by atoms with E-state index in [2.05, 4.69) is 15.9 Å². The van der Waals surface area contributed by atoms with Crippen molar-refractivity contribution in [3.8, 4) is 11.8 Å². The molecular weight excluding hydrogens is 354 g/mol. The number of ether oxygens (including phenoxy) is 1. The Hall–Kier alpha value is -1.84. The fourth-order valence-electron chi connectivity index (χ4n) is 1.72. The number of nitriles is 1. The first-order valence-electron chi connectivity index (χ1n) is 6.13. The van der Waals surface area contributed by atoms with Gasteiger partial charge in [0.15, 0.2) is 9.84 Å². The molecule has 2 aromatic rings. The van der Waals surface area contributed by atoms with E-state index in [0.717, 1.165) is 0 Å². The molecule has 0 bridgehead atoms. The summed E-state index contributed by atoms with van der Waals surface area (Å²) in [6, 6.07) is 15.3. The zero-order chi connectivity index (χ0) is 15.3. The third-order valence-corrected chi connectivity index (χ3v) is 4.94. The van der Waals surface area contributed by atoms with Crippen LogP contribution in [-0.4, -0.2) is 20.8 Å². The summed E-state index contributed by atoms with van der Waals surface area (Å²) in [6.45, 7) is -0.00641. The molecule has 0 amide bonds. The van der Waals surface area contributed by atoms with E-state index < -0.39 is 9.84 Å². The van der Waals surface area contributed by atoms with Crippen molar-refractivity contribution in [1.82, 2.24) is 0 Å². The molecule has 0 aliphatic carbocycles. The van der Waals surface area contributed by atoms with E-state index in [9.17, 15) is 8.42 Å². The minimum absolute atomic E-state index is 0.00641. The lowest BCUT2D eigenvalue weighted by atomic mass is 10.2. The second kappa shape index (κ2) is 6.74. The van der Waals surface area contributed by atoms with Crippen LogP contribution in [0.5, 0.6) is 5.75 Å². The zero-order valence-corrected chi connectivity index (χ0v) is 13.4. The molecule has 4 nitrogen and oxygen atoms in total. The molecule has 0 unspecified atom stereocenters. The maximum atomic E-state index is 12.2. The Morgan fingerprint density at radius 2 is 1.90 bits per heavy atom. The minimum Gasteiger partial charge on any atom is -0.491 e. The maximum absolute atomic E-state index is 12.2. The van der Waals surface area contributed by atoms with Gasteiger partial charge in [-0.3, -0.25) is 0 Å². The molecule has 0 spiro atoms. The molecule has 0 fully saturated rings. The quantitative estimate of drug-likeness (QED) is 0.815. The average Bonchev–Trinajstić information content (AvgIpc) is 2.47. The first kappa shape index (κ1) is 15.5. The van der Waals surface area contributed by atoms with Gasteiger partial charge in [-0.15, -0.1) is 0 Å². The highest BCUT2D eigenvalue weighted by Crippen LogP contribution is 2.19. The zero-order valence-electron chi connectivity index (χ0n) is 11.0. The number of sulfone groups is 1. The van der Waals surface area contributed by atoms with Crippen molar-refractivity contribution in [2.75, 3.05) is 12.4 Å². The van der Waals surface area contributed by atoms with E-state index in [0.29, 0.717) is 15.8 Å². The summed E-state index contributed by atoms with van der Waals surface area (Å²) >= 11 is 3.25. The van der Waals surface area contributed by atoms with Gasteiger partial charge in [-0.25, -0.2) is 8.42 Å². The van der Waals surface area contributed by atoms with Gasteiger partial charge >= 0.3 is 0 Å². The van der Waals surface area contributed by atoms with Crippen LogP contribution in [0.15, 0.2) is 57.9 Å². The summed E-state index contributed by atoms with van der Waals surface area (Å²) in [5.41, 5.74) is 0.386. The number of para-hydroxylation sites is 1. The molecule has 21 heavy (non-hydrogen) atoms. The molecule has 2 rings (SSSR count). The van der Waals surface area contributed by atoms with Gasteiger partial charge in [-0.1, -0.05) is 34.1 Å². The SMILES string of the molecule is N#Cc1ccccc1OCCS(=O)(=O)c1cccc(Br)c1. The smallest absolute Gasteiger partial charge is 0.181 e. The molecule has 108 valence electrons. The molecule has 0 aromatic heterocycles. The third kappa shape index (κ3) is 4.06. The Morgan fingerprint density at radius 1 is 1.14 bits per heavy atom. The highest BCUT2D eigenvalue weighted by molar-refractivity contribution is 9.10. The second-order valence-electron chi connectivity index (χ2n) is 4.23. The van der Waals surface area contributed by atoms with Crippen molar-refractivity contribution >= 4 is 25.8 Å². The first-order valence-corrected chi connectivity index (χ1v) is 8.58. The molecule has 0 aliphatic heterocycles. The van der Waals surface area contributed by atoms with Crippen LogP contribution in [0.2, 0.25) is 0 Å². The lowest BCUT2D eigenvalue weighted by Crippen LogP contribution is -2.14. The minimum atomic E-state index is -3.41. The lowest BCUT2D eigenvalue weighted by molar-refractivity contribution is 0.340. The highest BCUT2D eigenvalue weighted by atomic mass is 79.9. The Kier molecular flexibility index (Phi) is 4.99. The van der Waals surface area contributed by atoms with E-state index in [1.165, 1.54) is 0 Å². The third-order valence-electron chi connectivity index (χ3n) is 2.77. The fraction of sp³-hybridized carbons (Fsp3) is 0.133. The van der Waals surface area contributed by atoms with E-state index in [1.807, 2.05) is 6.07 Å². The molecule has 0 radical (unpaired) electrons. The number of hydrogen-bond donors (Lipinski definition) is 0.